The summed E-state index contributed by atoms with van der Waals surface area (Å²) in [6.45, 7) is 1.38. The maximum Gasteiger partial charge on any atom is 0.264 e. The number of nitrogens with one attached hydrogen (secondary N) is 1. The molecule has 0 aromatic heterocycles. The Balaban J connectivity index is 2.25. The SMILES string of the molecule is CC(=O)Nc1ccc(S(=O)(=O)N(C)c2ccc(CC#N)cc2)cc1. The van der Waals surface area contributed by atoms with Crippen LogP contribution in [0.5, 0.6) is 0 Å². The normalized spacial score (nSPS) is 10.7. The van der Waals surface area contributed by atoms with Gasteiger partial charge in [0.15, 0.2) is 0 Å². The van der Waals surface area contributed by atoms with E-state index in [2.05, 4.69) is 5.32 Å². The number of hydrogen-bond acceptors (Lipinski definition) is 4. The fraction of sp³-hybridized carbons (Fsp3) is 0.176. The number of nitrogens with zero attached hydrogens (tertiary/aromatic N) is 2. The fourth-order valence-corrected chi connectivity index (χ4v) is 3.32. The van der Waals surface area contributed by atoms with Gasteiger partial charge in [-0.25, -0.2) is 8.42 Å². The molecule has 0 bridgehead atoms. The maximum absolute atomic E-state index is 12.7. The molecule has 0 aliphatic carbocycles. The van der Waals surface area contributed by atoms with Crippen LogP contribution >= 0.6 is 0 Å². The van der Waals surface area contributed by atoms with Gasteiger partial charge >= 0.3 is 0 Å². The number of rotatable bonds is 5. The number of anilines is 2. The monoisotopic (exact) mass is 343 g/mol. The van der Waals surface area contributed by atoms with Crippen molar-refractivity contribution >= 4 is 27.3 Å². The Morgan fingerprint density at radius 1 is 1.12 bits per heavy atom. The van der Waals surface area contributed by atoms with Crippen LogP contribution in [0.25, 0.3) is 0 Å². The van der Waals surface area contributed by atoms with Gasteiger partial charge in [0, 0.05) is 19.7 Å². The summed E-state index contributed by atoms with van der Waals surface area (Å²) in [5, 5.41) is 11.3. The second kappa shape index (κ2) is 7.15. The molecular formula is C17H17N3O3S. The number of carbonyl (C=O) groups is 1. The second-order valence-electron chi connectivity index (χ2n) is 5.18. The zero-order valence-corrected chi connectivity index (χ0v) is 14.2. The van der Waals surface area contributed by atoms with E-state index in [4.69, 9.17) is 5.26 Å². The Labute approximate surface area is 141 Å². The van der Waals surface area contributed by atoms with Crippen molar-refractivity contribution in [1.29, 1.82) is 5.26 Å². The Kier molecular flexibility index (Phi) is 5.21. The van der Waals surface area contributed by atoms with E-state index in [1.807, 2.05) is 6.07 Å². The number of sulfonamides is 1. The molecule has 1 N–H and O–H groups in total. The summed E-state index contributed by atoms with van der Waals surface area (Å²) in [7, 11) is -2.24. The summed E-state index contributed by atoms with van der Waals surface area (Å²) in [5.41, 5.74) is 1.86. The Morgan fingerprint density at radius 2 is 1.71 bits per heavy atom. The molecular weight excluding hydrogens is 326 g/mol. The second-order valence-corrected chi connectivity index (χ2v) is 7.15. The molecule has 124 valence electrons. The molecule has 0 spiro atoms. The van der Waals surface area contributed by atoms with Gasteiger partial charge in [-0.2, -0.15) is 5.26 Å². The quantitative estimate of drug-likeness (QED) is 0.903. The Bertz CT molecular complexity index is 867. The highest BCUT2D eigenvalue weighted by Crippen LogP contribution is 2.23. The van der Waals surface area contributed by atoms with Crippen molar-refractivity contribution in [2.24, 2.45) is 0 Å². The lowest BCUT2D eigenvalue weighted by Crippen LogP contribution is -2.26. The van der Waals surface area contributed by atoms with Crippen LogP contribution in [0.1, 0.15) is 12.5 Å². The molecule has 0 unspecified atom stereocenters. The first-order chi connectivity index (χ1) is 11.3. The largest absolute Gasteiger partial charge is 0.326 e. The van der Waals surface area contributed by atoms with Crippen LogP contribution < -0.4 is 9.62 Å². The van der Waals surface area contributed by atoms with E-state index < -0.39 is 10.0 Å². The molecule has 0 heterocycles. The molecule has 24 heavy (non-hydrogen) atoms. The standard InChI is InChI=1S/C17H17N3O3S/c1-13(21)19-15-5-9-17(10-6-15)24(22,23)20(2)16-7-3-14(4-8-16)11-12-18/h3-10H,11H2,1-2H3,(H,19,21). The third kappa shape index (κ3) is 3.91. The van der Waals surface area contributed by atoms with Gasteiger partial charge in [-0.05, 0) is 42.0 Å². The first kappa shape index (κ1) is 17.5. The van der Waals surface area contributed by atoms with Crippen molar-refractivity contribution in [3.8, 4) is 6.07 Å². The number of nitriles is 1. The molecule has 7 heteroatoms. The number of benzene rings is 2. The summed E-state index contributed by atoms with van der Waals surface area (Å²) < 4.78 is 26.5. The predicted octanol–water partition coefficient (Wildman–Crippen LogP) is 2.54. The lowest BCUT2D eigenvalue weighted by molar-refractivity contribution is -0.114. The fourth-order valence-electron chi connectivity index (χ4n) is 2.13. The van der Waals surface area contributed by atoms with E-state index in [-0.39, 0.29) is 17.2 Å². The van der Waals surface area contributed by atoms with Crippen LogP contribution in [0.15, 0.2) is 53.4 Å². The Morgan fingerprint density at radius 3 is 2.21 bits per heavy atom. The minimum absolute atomic E-state index is 0.125. The van der Waals surface area contributed by atoms with Gasteiger partial charge in [0.25, 0.3) is 10.0 Å². The first-order valence-corrected chi connectivity index (χ1v) is 8.61. The van der Waals surface area contributed by atoms with E-state index in [9.17, 15) is 13.2 Å². The molecule has 2 rings (SSSR count). The van der Waals surface area contributed by atoms with Crippen LogP contribution in [0.3, 0.4) is 0 Å². The first-order valence-electron chi connectivity index (χ1n) is 7.17. The van der Waals surface area contributed by atoms with E-state index in [1.165, 1.54) is 42.5 Å². The topological polar surface area (TPSA) is 90.3 Å². The van der Waals surface area contributed by atoms with Crippen LogP contribution in [-0.2, 0) is 21.2 Å². The van der Waals surface area contributed by atoms with Crippen molar-refractivity contribution in [3.05, 3.63) is 54.1 Å². The molecule has 0 saturated carbocycles. The number of amides is 1. The van der Waals surface area contributed by atoms with E-state index in [1.54, 1.807) is 24.3 Å². The van der Waals surface area contributed by atoms with Crippen molar-refractivity contribution in [2.45, 2.75) is 18.2 Å². The van der Waals surface area contributed by atoms with Crippen LogP contribution in [0.2, 0.25) is 0 Å². The third-order valence-electron chi connectivity index (χ3n) is 3.42. The summed E-state index contributed by atoms with van der Waals surface area (Å²) in [6.07, 6.45) is 0.279. The van der Waals surface area contributed by atoms with Crippen LogP contribution in [-0.4, -0.2) is 21.4 Å². The van der Waals surface area contributed by atoms with Gasteiger partial charge in [-0.1, -0.05) is 12.1 Å². The molecule has 0 saturated heterocycles. The zero-order valence-electron chi connectivity index (χ0n) is 13.4. The summed E-state index contributed by atoms with van der Waals surface area (Å²) in [6, 6.07) is 14.8. The molecule has 0 fully saturated rings. The maximum atomic E-state index is 12.7. The highest BCUT2D eigenvalue weighted by Gasteiger charge is 2.21. The molecule has 0 atom stereocenters. The number of carbonyl (C=O) groups excluding carboxylic acids is 1. The summed E-state index contributed by atoms with van der Waals surface area (Å²) in [4.78, 5) is 11.1. The van der Waals surface area contributed by atoms with Gasteiger partial charge in [-0.15, -0.1) is 0 Å². The highest BCUT2D eigenvalue weighted by molar-refractivity contribution is 7.92. The molecule has 2 aromatic rings. The molecule has 0 aliphatic rings. The van der Waals surface area contributed by atoms with Gasteiger partial charge in [-0.3, -0.25) is 9.10 Å². The van der Waals surface area contributed by atoms with Crippen LogP contribution in [0, 0.1) is 11.3 Å². The van der Waals surface area contributed by atoms with E-state index in [0.29, 0.717) is 11.4 Å². The zero-order chi connectivity index (χ0) is 17.7. The third-order valence-corrected chi connectivity index (χ3v) is 5.22. The van der Waals surface area contributed by atoms with E-state index >= 15 is 0 Å². The van der Waals surface area contributed by atoms with Gasteiger partial charge in [0.05, 0.1) is 23.1 Å². The molecule has 1 amide bonds. The molecule has 6 nitrogen and oxygen atoms in total. The van der Waals surface area contributed by atoms with Gasteiger partial charge < -0.3 is 5.32 Å². The van der Waals surface area contributed by atoms with Gasteiger partial charge in [0.2, 0.25) is 5.91 Å². The van der Waals surface area contributed by atoms with Crippen molar-refractivity contribution in [1.82, 2.24) is 0 Å². The van der Waals surface area contributed by atoms with Crippen molar-refractivity contribution in [3.63, 3.8) is 0 Å². The Hall–Kier alpha value is -2.85. The van der Waals surface area contributed by atoms with Gasteiger partial charge in [0.1, 0.15) is 0 Å². The van der Waals surface area contributed by atoms with E-state index in [0.717, 1.165) is 5.56 Å². The lowest BCUT2D eigenvalue weighted by atomic mass is 10.1. The summed E-state index contributed by atoms with van der Waals surface area (Å²) >= 11 is 0. The smallest absolute Gasteiger partial charge is 0.264 e. The molecule has 0 radical (unpaired) electrons. The van der Waals surface area contributed by atoms with Crippen molar-refractivity contribution < 1.29 is 13.2 Å². The molecule has 2 aromatic carbocycles. The average molecular weight is 343 g/mol. The van der Waals surface area contributed by atoms with Crippen LogP contribution in [0.4, 0.5) is 11.4 Å². The minimum atomic E-state index is -3.71. The van der Waals surface area contributed by atoms with Crippen molar-refractivity contribution in [2.75, 3.05) is 16.7 Å². The average Bonchev–Trinajstić information content (AvgIpc) is 2.55. The molecule has 0 aliphatic heterocycles. The minimum Gasteiger partial charge on any atom is -0.326 e. The summed E-state index contributed by atoms with van der Waals surface area (Å²) in [5.74, 6) is -0.222. The lowest BCUT2D eigenvalue weighted by Gasteiger charge is -2.20. The number of hydrogen-bond donors (Lipinski definition) is 1. The predicted molar refractivity (Wildman–Crippen MR) is 92.1 cm³/mol. The highest BCUT2D eigenvalue weighted by atomic mass is 32.2.